The number of H-pyrrole nitrogens is 1. The molecule has 0 bridgehead atoms. The zero-order valence-electron chi connectivity index (χ0n) is 10.8. The molecule has 0 unspecified atom stereocenters. The van der Waals surface area contributed by atoms with Crippen molar-refractivity contribution >= 4 is 17.6 Å². The van der Waals surface area contributed by atoms with E-state index in [1.807, 2.05) is 13.8 Å². The molecule has 0 atom stereocenters. The number of carboxylic acid groups (broad SMARTS) is 1. The molecule has 6 nitrogen and oxygen atoms in total. The molecule has 0 fully saturated rings. The highest BCUT2D eigenvalue weighted by Crippen LogP contribution is 2.19. The summed E-state index contributed by atoms with van der Waals surface area (Å²) in [4.78, 5) is 28.2. The van der Waals surface area contributed by atoms with Gasteiger partial charge in [0.05, 0.1) is 0 Å². The normalized spacial score (nSPS) is 9.55. The van der Waals surface area contributed by atoms with Crippen LogP contribution in [0.25, 0.3) is 11.4 Å². The Balaban J connectivity index is 0.000000956. The van der Waals surface area contributed by atoms with Crippen LogP contribution in [0, 0.1) is 0 Å². The number of aromatic nitrogens is 2. The molecular formula is C13H13ClN2O4. The molecule has 0 saturated heterocycles. The summed E-state index contributed by atoms with van der Waals surface area (Å²) in [6.45, 7) is 4.00. The largest absolute Gasteiger partial charge is 0.501 e. The third kappa shape index (κ3) is 3.36. The summed E-state index contributed by atoms with van der Waals surface area (Å²) in [7, 11) is 0. The molecule has 1 aromatic heterocycles. The Hall–Kier alpha value is -2.34. The fourth-order valence-corrected chi connectivity index (χ4v) is 1.49. The quantitative estimate of drug-likeness (QED) is 0.790. The molecule has 0 spiro atoms. The number of nitrogens with one attached hydrogen (secondary N) is 1. The molecule has 3 N–H and O–H groups in total. The Labute approximate surface area is 119 Å². The minimum absolute atomic E-state index is 0.0480. The average molecular weight is 297 g/mol. The van der Waals surface area contributed by atoms with E-state index in [4.69, 9.17) is 16.7 Å². The van der Waals surface area contributed by atoms with Crippen LogP contribution in [-0.4, -0.2) is 26.2 Å². The molecule has 106 valence electrons. The van der Waals surface area contributed by atoms with Crippen LogP contribution >= 0.6 is 11.6 Å². The summed E-state index contributed by atoms with van der Waals surface area (Å²) >= 11 is 5.71. The van der Waals surface area contributed by atoms with Crippen molar-refractivity contribution in [3.63, 3.8) is 0 Å². The number of carbonyl (C=O) groups is 1. The van der Waals surface area contributed by atoms with Crippen LogP contribution in [0.1, 0.15) is 24.3 Å². The van der Waals surface area contributed by atoms with Crippen molar-refractivity contribution in [2.24, 2.45) is 0 Å². The summed E-state index contributed by atoms with van der Waals surface area (Å²) in [5.74, 6) is -2.35. The van der Waals surface area contributed by atoms with Crippen LogP contribution in [0.2, 0.25) is 5.02 Å². The fourth-order valence-electron chi connectivity index (χ4n) is 1.36. The summed E-state index contributed by atoms with van der Waals surface area (Å²) in [5, 5.41) is 18.6. The predicted molar refractivity (Wildman–Crippen MR) is 75.3 cm³/mol. The lowest BCUT2D eigenvalue weighted by Crippen LogP contribution is -2.15. The number of halogens is 1. The number of hydrogen-bond donors (Lipinski definition) is 3. The summed E-state index contributed by atoms with van der Waals surface area (Å²) in [6, 6.07) is 6.29. The van der Waals surface area contributed by atoms with Crippen molar-refractivity contribution in [2.75, 3.05) is 0 Å². The topological polar surface area (TPSA) is 103 Å². The summed E-state index contributed by atoms with van der Waals surface area (Å²) < 4.78 is 0. The van der Waals surface area contributed by atoms with Crippen LogP contribution in [-0.2, 0) is 0 Å². The van der Waals surface area contributed by atoms with E-state index < -0.39 is 23.0 Å². The van der Waals surface area contributed by atoms with E-state index in [9.17, 15) is 14.7 Å². The number of aromatic amines is 1. The Bertz CT molecular complexity index is 665. The number of hydrogen-bond acceptors (Lipinski definition) is 4. The number of aromatic carboxylic acids is 1. The third-order valence-electron chi connectivity index (χ3n) is 2.22. The second-order valence-corrected chi connectivity index (χ2v) is 3.86. The molecule has 0 aliphatic rings. The van der Waals surface area contributed by atoms with Crippen LogP contribution in [0.15, 0.2) is 29.1 Å². The molecule has 0 radical (unpaired) electrons. The summed E-state index contributed by atoms with van der Waals surface area (Å²) in [6.07, 6.45) is 0. The molecular weight excluding hydrogens is 284 g/mol. The number of benzene rings is 1. The maximum Gasteiger partial charge on any atom is 0.358 e. The third-order valence-corrected chi connectivity index (χ3v) is 2.47. The number of carboxylic acids is 1. The van der Waals surface area contributed by atoms with Gasteiger partial charge in [-0.2, -0.15) is 0 Å². The maximum atomic E-state index is 11.4. The van der Waals surface area contributed by atoms with Crippen molar-refractivity contribution in [2.45, 2.75) is 13.8 Å². The van der Waals surface area contributed by atoms with Gasteiger partial charge >= 0.3 is 5.97 Å². The van der Waals surface area contributed by atoms with E-state index >= 15 is 0 Å². The second-order valence-electron chi connectivity index (χ2n) is 3.42. The highest BCUT2D eigenvalue weighted by molar-refractivity contribution is 6.30. The zero-order valence-corrected chi connectivity index (χ0v) is 11.6. The van der Waals surface area contributed by atoms with E-state index in [0.717, 1.165) is 0 Å². The van der Waals surface area contributed by atoms with Crippen molar-refractivity contribution in [3.05, 3.63) is 45.3 Å². The lowest BCUT2D eigenvalue weighted by atomic mass is 10.2. The Morgan fingerprint density at radius 3 is 2.30 bits per heavy atom. The fraction of sp³-hybridized carbons (Fsp3) is 0.154. The predicted octanol–water partition coefficient (Wildman–Crippen LogP) is 2.52. The van der Waals surface area contributed by atoms with Crippen LogP contribution < -0.4 is 5.56 Å². The smallest absolute Gasteiger partial charge is 0.358 e. The van der Waals surface area contributed by atoms with Gasteiger partial charge in [0.25, 0.3) is 5.56 Å². The van der Waals surface area contributed by atoms with Gasteiger partial charge in [0.2, 0.25) is 5.75 Å². The first kappa shape index (κ1) is 15.7. The maximum absolute atomic E-state index is 11.4. The number of aromatic hydroxyl groups is 1. The van der Waals surface area contributed by atoms with E-state index in [2.05, 4.69) is 9.97 Å². The minimum atomic E-state index is -1.48. The van der Waals surface area contributed by atoms with Crippen LogP contribution in [0.3, 0.4) is 0 Å². The first-order chi connectivity index (χ1) is 9.49. The highest BCUT2D eigenvalue weighted by Gasteiger charge is 2.17. The molecule has 1 heterocycles. The average Bonchev–Trinajstić information content (AvgIpc) is 2.44. The standard InChI is InChI=1S/C11H7ClN2O4.C2H6/c12-6-3-1-5(2-4-6)9-13-7(11(17)18)8(15)10(16)14-9;1-2/h1-4,15H,(H,17,18)(H,13,14,16);1-2H3. The molecule has 2 rings (SSSR count). The zero-order chi connectivity index (χ0) is 15.3. The van der Waals surface area contributed by atoms with E-state index in [-0.39, 0.29) is 5.82 Å². The molecule has 20 heavy (non-hydrogen) atoms. The molecule has 0 aliphatic heterocycles. The first-order valence-corrected chi connectivity index (χ1v) is 6.19. The summed E-state index contributed by atoms with van der Waals surface area (Å²) in [5.41, 5.74) is -1.12. The van der Waals surface area contributed by atoms with Gasteiger partial charge in [-0.3, -0.25) is 4.79 Å². The van der Waals surface area contributed by atoms with E-state index in [1.165, 1.54) is 0 Å². The highest BCUT2D eigenvalue weighted by atomic mass is 35.5. The van der Waals surface area contributed by atoms with Gasteiger partial charge in [0.15, 0.2) is 5.69 Å². The van der Waals surface area contributed by atoms with Gasteiger partial charge in [-0.25, -0.2) is 9.78 Å². The Morgan fingerprint density at radius 1 is 1.25 bits per heavy atom. The van der Waals surface area contributed by atoms with Gasteiger partial charge < -0.3 is 15.2 Å². The lowest BCUT2D eigenvalue weighted by Gasteiger charge is -2.03. The molecule has 2 aromatic rings. The van der Waals surface area contributed by atoms with E-state index in [1.54, 1.807) is 24.3 Å². The van der Waals surface area contributed by atoms with Crippen LogP contribution in [0.5, 0.6) is 5.75 Å². The first-order valence-electron chi connectivity index (χ1n) is 5.81. The van der Waals surface area contributed by atoms with Gasteiger partial charge in [0, 0.05) is 10.6 Å². The number of rotatable bonds is 2. The molecule has 0 saturated carbocycles. The van der Waals surface area contributed by atoms with Crippen molar-refractivity contribution in [3.8, 4) is 17.1 Å². The SMILES string of the molecule is CC.O=C(O)c1nc(-c2ccc(Cl)cc2)[nH]c(=O)c1O. The molecule has 1 aromatic carbocycles. The van der Waals surface area contributed by atoms with Gasteiger partial charge in [-0.15, -0.1) is 0 Å². The van der Waals surface area contributed by atoms with Crippen molar-refractivity contribution in [1.82, 2.24) is 9.97 Å². The lowest BCUT2D eigenvalue weighted by molar-refractivity contribution is 0.0686. The molecule has 0 amide bonds. The van der Waals surface area contributed by atoms with Gasteiger partial charge in [-0.1, -0.05) is 25.4 Å². The Morgan fingerprint density at radius 2 is 1.80 bits per heavy atom. The van der Waals surface area contributed by atoms with Crippen molar-refractivity contribution in [1.29, 1.82) is 0 Å². The van der Waals surface area contributed by atoms with Gasteiger partial charge in [-0.05, 0) is 24.3 Å². The van der Waals surface area contributed by atoms with Crippen molar-refractivity contribution < 1.29 is 15.0 Å². The van der Waals surface area contributed by atoms with Crippen LogP contribution in [0.4, 0.5) is 0 Å². The molecule has 7 heteroatoms. The Kier molecular flexibility index (Phi) is 5.28. The molecule has 0 aliphatic carbocycles. The number of nitrogens with zero attached hydrogens (tertiary/aromatic N) is 1. The minimum Gasteiger partial charge on any atom is -0.501 e. The second kappa shape index (κ2) is 6.72. The van der Waals surface area contributed by atoms with E-state index in [0.29, 0.717) is 10.6 Å². The monoisotopic (exact) mass is 296 g/mol. The van der Waals surface area contributed by atoms with Gasteiger partial charge in [0.1, 0.15) is 5.82 Å².